The van der Waals surface area contributed by atoms with E-state index in [0.717, 1.165) is 43.7 Å². The molecule has 0 radical (unpaired) electrons. The minimum Gasteiger partial charge on any atom is -0.393 e. The van der Waals surface area contributed by atoms with Crippen LogP contribution in [0.5, 0.6) is 0 Å². The SMILES string of the molecule is COCC(N)C(=O)Nc1cccc(CN2CCC(O)CC2)c1.Cl.Cl. The van der Waals surface area contributed by atoms with Crippen molar-refractivity contribution < 1.29 is 14.6 Å². The number of benzene rings is 1. The summed E-state index contributed by atoms with van der Waals surface area (Å²) in [4.78, 5) is 14.2. The fourth-order valence-corrected chi connectivity index (χ4v) is 2.57. The first-order chi connectivity index (χ1) is 10.6. The number of anilines is 1. The zero-order chi connectivity index (χ0) is 15.9. The summed E-state index contributed by atoms with van der Waals surface area (Å²) in [5, 5.41) is 12.3. The molecule has 138 valence electrons. The van der Waals surface area contributed by atoms with Crippen LogP contribution in [0.1, 0.15) is 18.4 Å². The first-order valence-corrected chi connectivity index (χ1v) is 7.63. The van der Waals surface area contributed by atoms with Crippen molar-refractivity contribution in [1.29, 1.82) is 0 Å². The quantitative estimate of drug-likeness (QED) is 0.695. The molecule has 0 aliphatic carbocycles. The molecule has 8 heteroatoms. The maximum Gasteiger partial charge on any atom is 0.243 e. The molecule has 24 heavy (non-hydrogen) atoms. The van der Waals surface area contributed by atoms with Crippen molar-refractivity contribution in [2.75, 3.05) is 32.1 Å². The molecule has 0 saturated carbocycles. The van der Waals surface area contributed by atoms with Crippen LogP contribution in [0.4, 0.5) is 5.69 Å². The Balaban J connectivity index is 0.00000264. The van der Waals surface area contributed by atoms with E-state index in [2.05, 4.69) is 10.2 Å². The van der Waals surface area contributed by atoms with E-state index in [9.17, 15) is 9.90 Å². The van der Waals surface area contributed by atoms with Gasteiger partial charge in [0.05, 0.1) is 12.7 Å². The van der Waals surface area contributed by atoms with Gasteiger partial charge in [-0.25, -0.2) is 0 Å². The van der Waals surface area contributed by atoms with Gasteiger partial charge in [0.2, 0.25) is 5.91 Å². The molecule has 0 aromatic heterocycles. The van der Waals surface area contributed by atoms with E-state index in [-0.39, 0.29) is 43.4 Å². The first kappa shape index (κ1) is 23.1. The highest BCUT2D eigenvalue weighted by molar-refractivity contribution is 5.94. The summed E-state index contributed by atoms with van der Waals surface area (Å²) in [6.45, 7) is 2.81. The molecule has 1 heterocycles. The van der Waals surface area contributed by atoms with Crippen LogP contribution in [-0.4, -0.2) is 54.9 Å². The van der Waals surface area contributed by atoms with Crippen molar-refractivity contribution in [3.05, 3.63) is 29.8 Å². The summed E-state index contributed by atoms with van der Waals surface area (Å²) in [7, 11) is 1.52. The van der Waals surface area contributed by atoms with E-state index in [1.54, 1.807) is 0 Å². The van der Waals surface area contributed by atoms with E-state index in [1.807, 2.05) is 24.3 Å². The van der Waals surface area contributed by atoms with Gasteiger partial charge in [0.25, 0.3) is 0 Å². The lowest BCUT2D eigenvalue weighted by Crippen LogP contribution is -2.39. The molecule has 1 unspecified atom stereocenters. The normalized spacial score (nSPS) is 16.6. The number of amides is 1. The Hall–Kier alpha value is -0.890. The molecule has 1 aliphatic heterocycles. The molecule has 1 atom stereocenters. The standard InChI is InChI=1S/C16H25N3O3.2ClH/c1-22-11-15(17)16(21)18-13-4-2-3-12(9-13)10-19-7-5-14(20)6-8-19;;/h2-4,9,14-15,20H,5-8,10-11,17H2,1H3,(H,18,21);2*1H. The highest BCUT2D eigenvalue weighted by atomic mass is 35.5. The minimum absolute atomic E-state index is 0. The van der Waals surface area contributed by atoms with Gasteiger partial charge < -0.3 is 20.9 Å². The van der Waals surface area contributed by atoms with Gasteiger partial charge in [-0.3, -0.25) is 9.69 Å². The first-order valence-electron chi connectivity index (χ1n) is 7.63. The Morgan fingerprint density at radius 2 is 2.08 bits per heavy atom. The zero-order valence-corrected chi connectivity index (χ0v) is 15.4. The monoisotopic (exact) mass is 379 g/mol. The van der Waals surface area contributed by atoms with Gasteiger partial charge in [-0.2, -0.15) is 0 Å². The summed E-state index contributed by atoms with van der Waals surface area (Å²) in [6.07, 6.45) is 1.48. The Morgan fingerprint density at radius 1 is 1.42 bits per heavy atom. The molecule has 6 nitrogen and oxygen atoms in total. The van der Waals surface area contributed by atoms with Crippen LogP contribution in [0.3, 0.4) is 0 Å². The van der Waals surface area contributed by atoms with Crippen LogP contribution < -0.4 is 11.1 Å². The number of nitrogens with one attached hydrogen (secondary N) is 1. The highest BCUT2D eigenvalue weighted by Gasteiger charge is 2.17. The van der Waals surface area contributed by atoms with E-state index < -0.39 is 6.04 Å². The molecule has 0 bridgehead atoms. The van der Waals surface area contributed by atoms with Crippen molar-refractivity contribution in [3.63, 3.8) is 0 Å². The number of nitrogens with two attached hydrogens (primary N) is 1. The van der Waals surface area contributed by atoms with Crippen LogP contribution in [0.25, 0.3) is 0 Å². The van der Waals surface area contributed by atoms with E-state index in [0.29, 0.717) is 0 Å². The molecular formula is C16H27Cl2N3O3. The zero-order valence-electron chi connectivity index (χ0n) is 13.8. The van der Waals surface area contributed by atoms with Crippen molar-refractivity contribution in [2.45, 2.75) is 31.5 Å². The van der Waals surface area contributed by atoms with Gasteiger partial charge >= 0.3 is 0 Å². The van der Waals surface area contributed by atoms with Crippen molar-refractivity contribution >= 4 is 36.4 Å². The average Bonchev–Trinajstić information content (AvgIpc) is 2.50. The van der Waals surface area contributed by atoms with Gasteiger partial charge in [0.1, 0.15) is 6.04 Å². The molecule has 1 amide bonds. The smallest absolute Gasteiger partial charge is 0.243 e. The predicted octanol–water partition coefficient (Wildman–Crippen LogP) is 1.40. The number of piperidine rings is 1. The molecular weight excluding hydrogens is 353 g/mol. The number of aliphatic hydroxyl groups is 1. The second-order valence-corrected chi connectivity index (χ2v) is 5.76. The van der Waals surface area contributed by atoms with Crippen LogP contribution in [0.15, 0.2) is 24.3 Å². The number of hydrogen-bond donors (Lipinski definition) is 3. The largest absolute Gasteiger partial charge is 0.393 e. The fraction of sp³-hybridized carbons (Fsp3) is 0.562. The van der Waals surface area contributed by atoms with Crippen LogP contribution >= 0.6 is 24.8 Å². The number of rotatable bonds is 6. The number of hydrogen-bond acceptors (Lipinski definition) is 5. The molecule has 1 saturated heterocycles. The number of ether oxygens (including phenoxy) is 1. The number of likely N-dealkylation sites (tertiary alicyclic amines) is 1. The van der Waals surface area contributed by atoms with Crippen LogP contribution in [-0.2, 0) is 16.1 Å². The van der Waals surface area contributed by atoms with Crippen LogP contribution in [0, 0.1) is 0 Å². The third kappa shape index (κ3) is 7.34. The summed E-state index contributed by atoms with van der Waals surface area (Å²) in [5.74, 6) is -0.250. The molecule has 1 aliphatic rings. The number of halogens is 2. The third-order valence-corrected chi connectivity index (χ3v) is 3.84. The fourth-order valence-electron chi connectivity index (χ4n) is 2.57. The lowest BCUT2D eigenvalue weighted by molar-refractivity contribution is -0.118. The average molecular weight is 380 g/mol. The Morgan fingerprint density at radius 3 is 2.71 bits per heavy atom. The molecule has 0 spiro atoms. The Bertz CT molecular complexity index is 497. The van der Waals surface area contributed by atoms with E-state index in [1.165, 1.54) is 7.11 Å². The highest BCUT2D eigenvalue weighted by Crippen LogP contribution is 2.16. The topological polar surface area (TPSA) is 87.8 Å². The maximum atomic E-state index is 11.9. The summed E-state index contributed by atoms with van der Waals surface area (Å²) >= 11 is 0. The second-order valence-electron chi connectivity index (χ2n) is 5.76. The molecule has 1 fully saturated rings. The van der Waals surface area contributed by atoms with Gasteiger partial charge in [0, 0.05) is 32.4 Å². The van der Waals surface area contributed by atoms with Crippen molar-refractivity contribution in [1.82, 2.24) is 4.90 Å². The van der Waals surface area contributed by atoms with E-state index >= 15 is 0 Å². The number of carbonyl (C=O) groups is 1. The molecule has 1 aromatic carbocycles. The third-order valence-electron chi connectivity index (χ3n) is 3.84. The van der Waals surface area contributed by atoms with E-state index in [4.69, 9.17) is 10.5 Å². The van der Waals surface area contributed by atoms with Crippen molar-refractivity contribution in [2.24, 2.45) is 5.73 Å². The number of nitrogens with zero attached hydrogens (tertiary/aromatic N) is 1. The summed E-state index contributed by atoms with van der Waals surface area (Å²) in [5.41, 5.74) is 7.58. The Labute approximate surface area is 155 Å². The molecule has 1 aromatic rings. The Kier molecular flexibility index (Phi) is 11.2. The van der Waals surface area contributed by atoms with Gasteiger partial charge in [-0.15, -0.1) is 24.8 Å². The number of carbonyl (C=O) groups excluding carboxylic acids is 1. The van der Waals surface area contributed by atoms with Crippen LogP contribution in [0.2, 0.25) is 0 Å². The second kappa shape index (κ2) is 11.6. The number of methoxy groups -OCH3 is 1. The maximum absolute atomic E-state index is 11.9. The molecule has 4 N–H and O–H groups in total. The van der Waals surface area contributed by atoms with Gasteiger partial charge in [-0.05, 0) is 30.5 Å². The molecule has 2 rings (SSSR count). The lowest BCUT2D eigenvalue weighted by atomic mass is 10.1. The summed E-state index contributed by atoms with van der Waals surface area (Å²) < 4.78 is 4.88. The number of aliphatic hydroxyl groups excluding tert-OH is 1. The van der Waals surface area contributed by atoms with Crippen molar-refractivity contribution in [3.8, 4) is 0 Å². The van der Waals surface area contributed by atoms with Gasteiger partial charge in [-0.1, -0.05) is 12.1 Å². The summed E-state index contributed by atoms with van der Waals surface area (Å²) in [6, 6.07) is 7.10. The lowest BCUT2D eigenvalue weighted by Gasteiger charge is -2.29. The predicted molar refractivity (Wildman–Crippen MR) is 99.9 cm³/mol. The van der Waals surface area contributed by atoms with Gasteiger partial charge in [0.15, 0.2) is 0 Å². The minimum atomic E-state index is -0.669.